The zero-order valence-corrected chi connectivity index (χ0v) is 10.8. The monoisotopic (exact) mass is 274 g/mol. The van der Waals surface area contributed by atoms with Crippen molar-refractivity contribution in [2.24, 2.45) is 7.05 Å². The van der Waals surface area contributed by atoms with E-state index in [2.05, 4.69) is 15.3 Å². The highest BCUT2D eigenvalue weighted by molar-refractivity contribution is 7.71. The standard InChI is InChI=1S/C11H10N6OS/c1-16-9(18)8(6-4-2-3-5-7(6)12)15-17-10(16)13-14-11(17)19/h2-5H,12H2,1H3,(H,14,19). The molecule has 0 amide bonds. The van der Waals surface area contributed by atoms with Crippen molar-refractivity contribution in [3.63, 3.8) is 0 Å². The maximum atomic E-state index is 12.3. The Kier molecular flexibility index (Phi) is 2.46. The van der Waals surface area contributed by atoms with Gasteiger partial charge in [0.05, 0.1) is 0 Å². The summed E-state index contributed by atoms with van der Waals surface area (Å²) in [5, 5.41) is 10.8. The van der Waals surface area contributed by atoms with E-state index in [1.54, 1.807) is 31.3 Å². The van der Waals surface area contributed by atoms with Crippen LogP contribution in [0.2, 0.25) is 0 Å². The summed E-state index contributed by atoms with van der Waals surface area (Å²) < 4.78 is 3.10. The molecule has 0 bridgehead atoms. The third kappa shape index (κ3) is 1.65. The van der Waals surface area contributed by atoms with E-state index in [4.69, 9.17) is 18.0 Å². The smallest absolute Gasteiger partial charge is 0.281 e. The molecular weight excluding hydrogens is 264 g/mol. The van der Waals surface area contributed by atoms with Gasteiger partial charge in [-0.15, -0.1) is 5.10 Å². The van der Waals surface area contributed by atoms with Crippen LogP contribution in [-0.2, 0) is 7.05 Å². The van der Waals surface area contributed by atoms with Crippen molar-refractivity contribution >= 4 is 23.7 Å². The fraction of sp³-hybridized carbons (Fsp3) is 0.0909. The number of H-pyrrole nitrogens is 1. The van der Waals surface area contributed by atoms with Crippen molar-refractivity contribution < 1.29 is 0 Å². The molecule has 8 heteroatoms. The Morgan fingerprint density at radius 1 is 1.37 bits per heavy atom. The molecule has 0 saturated carbocycles. The van der Waals surface area contributed by atoms with Gasteiger partial charge in [0.15, 0.2) is 5.69 Å². The summed E-state index contributed by atoms with van der Waals surface area (Å²) >= 11 is 5.07. The third-order valence-electron chi connectivity index (χ3n) is 2.86. The molecular formula is C11H10N6OS. The molecule has 0 radical (unpaired) electrons. The molecule has 2 aromatic heterocycles. The Hall–Kier alpha value is -2.48. The first-order valence-corrected chi connectivity index (χ1v) is 5.89. The number of aromatic amines is 1. The second-order valence-corrected chi connectivity index (χ2v) is 4.43. The zero-order valence-electron chi connectivity index (χ0n) is 9.99. The van der Waals surface area contributed by atoms with Crippen LogP contribution < -0.4 is 11.3 Å². The zero-order chi connectivity index (χ0) is 13.6. The van der Waals surface area contributed by atoms with Crippen LogP contribution in [0.4, 0.5) is 5.69 Å². The van der Waals surface area contributed by atoms with Gasteiger partial charge in [-0.3, -0.25) is 9.36 Å². The van der Waals surface area contributed by atoms with Crippen molar-refractivity contribution in [2.45, 2.75) is 0 Å². The summed E-state index contributed by atoms with van der Waals surface area (Å²) in [6.45, 7) is 0. The maximum absolute atomic E-state index is 12.3. The third-order valence-corrected chi connectivity index (χ3v) is 3.12. The molecule has 0 saturated heterocycles. The summed E-state index contributed by atoms with van der Waals surface area (Å²) in [6.07, 6.45) is 0. The highest BCUT2D eigenvalue weighted by Gasteiger charge is 2.14. The van der Waals surface area contributed by atoms with Gasteiger partial charge in [0.1, 0.15) is 0 Å². The van der Waals surface area contributed by atoms with Crippen LogP contribution >= 0.6 is 12.2 Å². The topological polar surface area (TPSA) is 94.0 Å². The number of nitrogens with zero attached hydrogens (tertiary/aromatic N) is 4. The quantitative estimate of drug-likeness (QED) is 0.504. The lowest BCUT2D eigenvalue weighted by Gasteiger charge is -2.06. The minimum atomic E-state index is -0.278. The van der Waals surface area contributed by atoms with E-state index >= 15 is 0 Å². The second kappa shape index (κ2) is 4.02. The van der Waals surface area contributed by atoms with Crippen molar-refractivity contribution in [3.8, 4) is 11.3 Å². The van der Waals surface area contributed by atoms with E-state index in [0.717, 1.165) is 0 Å². The lowest BCUT2D eigenvalue weighted by atomic mass is 10.1. The van der Waals surface area contributed by atoms with Gasteiger partial charge in [-0.2, -0.15) is 9.61 Å². The van der Waals surface area contributed by atoms with E-state index in [9.17, 15) is 4.79 Å². The van der Waals surface area contributed by atoms with Crippen LogP contribution in [0, 0.1) is 4.77 Å². The minimum absolute atomic E-state index is 0.241. The van der Waals surface area contributed by atoms with E-state index in [-0.39, 0.29) is 11.3 Å². The number of benzene rings is 1. The number of para-hydroxylation sites is 1. The predicted molar refractivity (Wildman–Crippen MR) is 73.3 cm³/mol. The molecule has 2 heterocycles. The average molecular weight is 274 g/mol. The largest absolute Gasteiger partial charge is 0.398 e. The first kappa shape index (κ1) is 11.6. The van der Waals surface area contributed by atoms with Gasteiger partial charge in [0.25, 0.3) is 11.3 Å². The molecule has 0 aliphatic carbocycles. The number of aromatic nitrogens is 5. The van der Waals surface area contributed by atoms with Crippen LogP contribution in [0.25, 0.3) is 17.0 Å². The molecule has 3 rings (SSSR count). The van der Waals surface area contributed by atoms with Crippen LogP contribution in [-0.4, -0.2) is 24.4 Å². The average Bonchev–Trinajstić information content (AvgIpc) is 2.77. The molecule has 1 aromatic carbocycles. The van der Waals surface area contributed by atoms with Gasteiger partial charge in [-0.05, 0) is 18.3 Å². The van der Waals surface area contributed by atoms with Crippen molar-refractivity contribution in [1.82, 2.24) is 24.4 Å². The Balaban J connectivity index is 2.46. The first-order valence-electron chi connectivity index (χ1n) is 5.49. The molecule has 7 nitrogen and oxygen atoms in total. The Labute approximate surface area is 112 Å². The van der Waals surface area contributed by atoms with E-state index in [1.807, 2.05) is 0 Å². The van der Waals surface area contributed by atoms with Gasteiger partial charge < -0.3 is 5.73 Å². The molecule has 0 unspecified atom stereocenters. The molecule has 0 fully saturated rings. The number of nitrogens with two attached hydrogens (primary N) is 1. The summed E-state index contributed by atoms with van der Waals surface area (Å²) in [5.41, 5.74) is 6.91. The van der Waals surface area contributed by atoms with Gasteiger partial charge in [-0.25, -0.2) is 5.10 Å². The van der Waals surface area contributed by atoms with Gasteiger partial charge in [-0.1, -0.05) is 18.2 Å². The number of anilines is 1. The number of nitrogens with one attached hydrogen (secondary N) is 1. The van der Waals surface area contributed by atoms with Crippen molar-refractivity contribution in [2.75, 3.05) is 5.73 Å². The van der Waals surface area contributed by atoms with Gasteiger partial charge in [0.2, 0.25) is 4.77 Å². The molecule has 96 valence electrons. The molecule has 0 atom stereocenters. The van der Waals surface area contributed by atoms with Crippen LogP contribution in [0.15, 0.2) is 29.1 Å². The Morgan fingerprint density at radius 2 is 2.11 bits per heavy atom. The second-order valence-electron chi connectivity index (χ2n) is 4.04. The van der Waals surface area contributed by atoms with Crippen LogP contribution in [0.3, 0.4) is 0 Å². The SMILES string of the molecule is Cn1c(=O)c(-c2ccccc2N)nn2c(=S)[nH]nc12. The Bertz CT molecular complexity index is 890. The maximum Gasteiger partial charge on any atom is 0.281 e. The number of rotatable bonds is 1. The molecule has 0 spiro atoms. The highest BCUT2D eigenvalue weighted by atomic mass is 32.1. The summed E-state index contributed by atoms with van der Waals surface area (Å²) in [6, 6.07) is 7.06. The number of fused-ring (bicyclic) bond motifs is 1. The van der Waals surface area contributed by atoms with Gasteiger partial charge >= 0.3 is 0 Å². The van der Waals surface area contributed by atoms with Crippen molar-refractivity contribution in [1.29, 1.82) is 0 Å². The lowest BCUT2D eigenvalue weighted by Crippen LogP contribution is -2.24. The first-order chi connectivity index (χ1) is 9.09. The van der Waals surface area contributed by atoms with Gasteiger partial charge in [0, 0.05) is 18.3 Å². The number of hydrogen-bond donors (Lipinski definition) is 2. The van der Waals surface area contributed by atoms with Crippen LogP contribution in [0.5, 0.6) is 0 Å². The highest BCUT2D eigenvalue weighted by Crippen LogP contribution is 2.20. The van der Waals surface area contributed by atoms with E-state index in [0.29, 0.717) is 21.8 Å². The fourth-order valence-corrected chi connectivity index (χ4v) is 2.03. The molecule has 0 aliphatic rings. The van der Waals surface area contributed by atoms with Crippen LogP contribution in [0.1, 0.15) is 0 Å². The minimum Gasteiger partial charge on any atom is -0.398 e. The predicted octanol–water partition coefficient (Wildman–Crippen LogP) is 0.735. The number of hydrogen-bond acceptors (Lipinski definition) is 5. The molecule has 3 N–H and O–H groups in total. The molecule has 3 aromatic rings. The number of aryl methyl sites for hydroxylation is 1. The summed E-state index contributed by atoms with van der Waals surface area (Å²) in [7, 11) is 1.61. The Morgan fingerprint density at radius 3 is 2.84 bits per heavy atom. The fourth-order valence-electron chi connectivity index (χ4n) is 1.86. The normalized spacial score (nSPS) is 11.0. The van der Waals surface area contributed by atoms with E-state index in [1.165, 1.54) is 9.08 Å². The summed E-state index contributed by atoms with van der Waals surface area (Å²) in [5.74, 6) is 0.355. The lowest BCUT2D eigenvalue weighted by molar-refractivity contribution is 0.778. The molecule has 19 heavy (non-hydrogen) atoms. The number of nitrogen functional groups attached to an aromatic ring is 1. The van der Waals surface area contributed by atoms with Crippen molar-refractivity contribution in [3.05, 3.63) is 39.4 Å². The summed E-state index contributed by atoms with van der Waals surface area (Å²) in [4.78, 5) is 12.3. The van der Waals surface area contributed by atoms with E-state index < -0.39 is 0 Å². The molecule has 0 aliphatic heterocycles.